The SMILES string of the molecule is CCCC(COC)NCCCc1ccccc1. The molecule has 2 nitrogen and oxygen atoms in total. The van der Waals surface area contributed by atoms with Gasteiger partial charge < -0.3 is 10.1 Å². The van der Waals surface area contributed by atoms with E-state index in [0.29, 0.717) is 6.04 Å². The summed E-state index contributed by atoms with van der Waals surface area (Å²) >= 11 is 0. The quantitative estimate of drug-likeness (QED) is 0.664. The third-order valence-corrected chi connectivity index (χ3v) is 2.92. The average Bonchev–Trinajstić information content (AvgIpc) is 2.36. The summed E-state index contributed by atoms with van der Waals surface area (Å²) in [4.78, 5) is 0. The number of hydrogen-bond acceptors (Lipinski definition) is 2. The summed E-state index contributed by atoms with van der Waals surface area (Å²) in [5.74, 6) is 0. The number of ether oxygens (including phenoxy) is 1. The molecule has 0 radical (unpaired) electrons. The highest BCUT2D eigenvalue weighted by Crippen LogP contribution is 2.02. The number of rotatable bonds is 9. The van der Waals surface area contributed by atoms with Crippen LogP contribution in [0.15, 0.2) is 30.3 Å². The van der Waals surface area contributed by atoms with Crippen LogP contribution in [0.25, 0.3) is 0 Å². The second-order valence-corrected chi connectivity index (χ2v) is 4.48. The molecule has 0 saturated heterocycles. The van der Waals surface area contributed by atoms with Crippen molar-refractivity contribution in [2.24, 2.45) is 0 Å². The minimum atomic E-state index is 0.515. The van der Waals surface area contributed by atoms with E-state index in [0.717, 1.165) is 19.6 Å². The van der Waals surface area contributed by atoms with Crippen molar-refractivity contribution in [2.45, 2.75) is 38.6 Å². The Morgan fingerprint density at radius 2 is 2.00 bits per heavy atom. The first-order chi connectivity index (χ1) is 8.36. The smallest absolute Gasteiger partial charge is 0.0615 e. The Morgan fingerprint density at radius 1 is 1.24 bits per heavy atom. The molecular weight excluding hydrogens is 210 g/mol. The van der Waals surface area contributed by atoms with E-state index in [1.165, 1.54) is 24.8 Å². The molecule has 0 aliphatic carbocycles. The van der Waals surface area contributed by atoms with Crippen molar-refractivity contribution >= 4 is 0 Å². The average molecular weight is 235 g/mol. The normalized spacial score (nSPS) is 12.6. The third-order valence-electron chi connectivity index (χ3n) is 2.92. The molecule has 0 aromatic heterocycles. The molecule has 0 spiro atoms. The summed E-state index contributed by atoms with van der Waals surface area (Å²) in [6, 6.07) is 11.2. The van der Waals surface area contributed by atoms with Gasteiger partial charge in [0.1, 0.15) is 0 Å². The van der Waals surface area contributed by atoms with Crippen LogP contribution in [-0.4, -0.2) is 26.3 Å². The second-order valence-electron chi connectivity index (χ2n) is 4.48. The monoisotopic (exact) mass is 235 g/mol. The second kappa shape index (κ2) is 9.20. The number of hydrogen-bond donors (Lipinski definition) is 1. The zero-order valence-corrected chi connectivity index (χ0v) is 11.1. The lowest BCUT2D eigenvalue weighted by Crippen LogP contribution is -2.33. The predicted molar refractivity (Wildman–Crippen MR) is 73.3 cm³/mol. The van der Waals surface area contributed by atoms with Crippen molar-refractivity contribution in [2.75, 3.05) is 20.3 Å². The number of aryl methyl sites for hydroxylation is 1. The van der Waals surface area contributed by atoms with E-state index in [1.54, 1.807) is 7.11 Å². The van der Waals surface area contributed by atoms with E-state index in [-0.39, 0.29) is 0 Å². The predicted octanol–water partition coefficient (Wildman–Crippen LogP) is 3.02. The minimum absolute atomic E-state index is 0.515. The van der Waals surface area contributed by atoms with Crippen LogP contribution in [0.1, 0.15) is 31.7 Å². The first-order valence-corrected chi connectivity index (χ1v) is 6.63. The van der Waals surface area contributed by atoms with Crippen LogP contribution in [0.3, 0.4) is 0 Å². The summed E-state index contributed by atoms with van der Waals surface area (Å²) < 4.78 is 5.21. The third kappa shape index (κ3) is 6.44. The van der Waals surface area contributed by atoms with Gasteiger partial charge in [0.05, 0.1) is 6.61 Å². The molecule has 17 heavy (non-hydrogen) atoms. The fourth-order valence-corrected chi connectivity index (χ4v) is 2.04. The van der Waals surface area contributed by atoms with Crippen LogP contribution >= 0.6 is 0 Å². The van der Waals surface area contributed by atoms with Gasteiger partial charge in [0.15, 0.2) is 0 Å². The van der Waals surface area contributed by atoms with E-state index >= 15 is 0 Å². The van der Waals surface area contributed by atoms with Gasteiger partial charge in [-0.15, -0.1) is 0 Å². The van der Waals surface area contributed by atoms with Crippen LogP contribution in [0.4, 0.5) is 0 Å². The van der Waals surface area contributed by atoms with Crippen LogP contribution in [0, 0.1) is 0 Å². The molecule has 0 heterocycles. The van der Waals surface area contributed by atoms with Crippen LogP contribution in [0.2, 0.25) is 0 Å². The highest BCUT2D eigenvalue weighted by molar-refractivity contribution is 5.14. The summed E-state index contributed by atoms with van der Waals surface area (Å²) in [5, 5.41) is 3.57. The van der Waals surface area contributed by atoms with Gasteiger partial charge in [-0.1, -0.05) is 43.7 Å². The Kier molecular flexibility index (Phi) is 7.69. The van der Waals surface area contributed by atoms with Gasteiger partial charge in [-0.2, -0.15) is 0 Å². The molecule has 0 aliphatic rings. The summed E-state index contributed by atoms with van der Waals surface area (Å²) in [5.41, 5.74) is 1.42. The maximum atomic E-state index is 5.21. The maximum absolute atomic E-state index is 5.21. The minimum Gasteiger partial charge on any atom is -0.383 e. The van der Waals surface area contributed by atoms with Gasteiger partial charge in [-0.3, -0.25) is 0 Å². The Bertz CT molecular complexity index is 268. The van der Waals surface area contributed by atoms with Crippen molar-refractivity contribution in [1.82, 2.24) is 5.32 Å². The molecule has 96 valence electrons. The van der Waals surface area contributed by atoms with Gasteiger partial charge in [0.25, 0.3) is 0 Å². The van der Waals surface area contributed by atoms with Crippen molar-refractivity contribution in [3.8, 4) is 0 Å². The van der Waals surface area contributed by atoms with Gasteiger partial charge in [0.2, 0.25) is 0 Å². The van der Waals surface area contributed by atoms with E-state index < -0.39 is 0 Å². The molecule has 0 aliphatic heterocycles. The van der Waals surface area contributed by atoms with Crippen LogP contribution < -0.4 is 5.32 Å². The number of methoxy groups -OCH3 is 1. The highest BCUT2D eigenvalue weighted by Gasteiger charge is 2.05. The molecule has 1 unspecified atom stereocenters. The van der Waals surface area contributed by atoms with Crippen molar-refractivity contribution < 1.29 is 4.74 Å². The lowest BCUT2D eigenvalue weighted by atomic mass is 10.1. The molecule has 0 amide bonds. The van der Waals surface area contributed by atoms with E-state index in [2.05, 4.69) is 42.6 Å². The zero-order chi connectivity index (χ0) is 12.3. The Morgan fingerprint density at radius 3 is 2.65 bits per heavy atom. The van der Waals surface area contributed by atoms with Gasteiger partial charge in [-0.05, 0) is 31.4 Å². The first-order valence-electron chi connectivity index (χ1n) is 6.63. The van der Waals surface area contributed by atoms with Gasteiger partial charge in [-0.25, -0.2) is 0 Å². The van der Waals surface area contributed by atoms with Crippen molar-refractivity contribution in [1.29, 1.82) is 0 Å². The molecule has 2 heteroatoms. The Balaban J connectivity index is 2.13. The first kappa shape index (κ1) is 14.2. The molecule has 0 saturated carbocycles. The van der Waals surface area contributed by atoms with Crippen LogP contribution in [0.5, 0.6) is 0 Å². The number of nitrogens with one attached hydrogen (secondary N) is 1. The summed E-state index contributed by atoms with van der Waals surface area (Å²) in [7, 11) is 1.77. The molecule has 1 rings (SSSR count). The summed E-state index contributed by atoms with van der Waals surface area (Å²) in [6.45, 7) is 4.11. The molecule has 1 atom stereocenters. The standard InChI is InChI=1S/C15H25NO/c1-3-8-15(13-17-2)16-12-7-11-14-9-5-4-6-10-14/h4-6,9-10,15-16H,3,7-8,11-13H2,1-2H3. The van der Waals surface area contributed by atoms with Crippen molar-refractivity contribution in [3.05, 3.63) is 35.9 Å². The lowest BCUT2D eigenvalue weighted by molar-refractivity contribution is 0.162. The number of benzene rings is 1. The molecule has 1 aromatic carbocycles. The summed E-state index contributed by atoms with van der Waals surface area (Å²) in [6.07, 6.45) is 4.74. The largest absolute Gasteiger partial charge is 0.383 e. The fraction of sp³-hybridized carbons (Fsp3) is 0.600. The van der Waals surface area contributed by atoms with E-state index in [1.807, 2.05) is 0 Å². The fourth-order valence-electron chi connectivity index (χ4n) is 2.04. The lowest BCUT2D eigenvalue weighted by Gasteiger charge is -2.16. The molecule has 0 bridgehead atoms. The molecular formula is C15H25NO. The van der Waals surface area contributed by atoms with E-state index in [9.17, 15) is 0 Å². The molecule has 1 N–H and O–H groups in total. The van der Waals surface area contributed by atoms with Gasteiger partial charge in [0, 0.05) is 13.2 Å². The van der Waals surface area contributed by atoms with E-state index in [4.69, 9.17) is 4.74 Å². The molecule has 0 fully saturated rings. The van der Waals surface area contributed by atoms with Gasteiger partial charge >= 0.3 is 0 Å². The Hall–Kier alpha value is -0.860. The zero-order valence-electron chi connectivity index (χ0n) is 11.1. The van der Waals surface area contributed by atoms with Crippen molar-refractivity contribution in [3.63, 3.8) is 0 Å². The Labute approximate surface area is 105 Å². The maximum Gasteiger partial charge on any atom is 0.0615 e. The topological polar surface area (TPSA) is 21.3 Å². The molecule has 1 aromatic rings. The van der Waals surface area contributed by atoms with Crippen LogP contribution in [-0.2, 0) is 11.2 Å². The highest BCUT2D eigenvalue weighted by atomic mass is 16.5.